The second-order valence-electron chi connectivity index (χ2n) is 12.6. The molecule has 0 atom stereocenters. The SMILES string of the molecule is CC(=Cc1ccc2c(c1)C(C)(C)c1cc(N3c4ccccc4S4(CCCC4)c4ccccc43)ccc1-2)c1ccccc1. The van der Waals surface area contributed by atoms with Gasteiger partial charge in [-0.15, -0.1) is 0 Å². The minimum atomic E-state index is -0.982. The number of fused-ring (bicyclic) bond motifs is 7. The molecule has 0 aromatic heterocycles. The lowest BCUT2D eigenvalue weighted by Gasteiger charge is -2.47. The van der Waals surface area contributed by atoms with Crippen LogP contribution < -0.4 is 4.90 Å². The first-order chi connectivity index (χ1) is 20.5. The second-order valence-corrected chi connectivity index (χ2v) is 16.1. The van der Waals surface area contributed by atoms with Crippen LogP contribution in [0.5, 0.6) is 0 Å². The summed E-state index contributed by atoms with van der Waals surface area (Å²) < 4.78 is 0. The molecule has 208 valence electrons. The molecular weight excluding hydrogens is 527 g/mol. The van der Waals surface area contributed by atoms with Gasteiger partial charge >= 0.3 is 0 Å². The van der Waals surface area contributed by atoms with Gasteiger partial charge in [0, 0.05) is 20.9 Å². The molecule has 5 aromatic carbocycles. The molecule has 5 aromatic rings. The Morgan fingerprint density at radius 3 is 1.90 bits per heavy atom. The van der Waals surface area contributed by atoms with Crippen LogP contribution in [0, 0.1) is 0 Å². The Morgan fingerprint density at radius 2 is 1.24 bits per heavy atom. The van der Waals surface area contributed by atoms with Crippen LogP contribution >= 0.6 is 10.0 Å². The molecular formula is C40H37NS. The van der Waals surface area contributed by atoms with E-state index in [9.17, 15) is 0 Å². The van der Waals surface area contributed by atoms with Crippen LogP contribution in [0.2, 0.25) is 0 Å². The van der Waals surface area contributed by atoms with Crippen LogP contribution in [-0.4, -0.2) is 11.5 Å². The highest BCUT2D eigenvalue weighted by Crippen LogP contribution is 2.74. The maximum atomic E-state index is 2.55. The molecule has 0 bridgehead atoms. The number of para-hydroxylation sites is 2. The van der Waals surface area contributed by atoms with Crippen molar-refractivity contribution in [1.29, 1.82) is 0 Å². The Morgan fingerprint density at radius 1 is 0.667 bits per heavy atom. The molecule has 0 unspecified atom stereocenters. The van der Waals surface area contributed by atoms with Crippen molar-refractivity contribution < 1.29 is 0 Å². The van der Waals surface area contributed by atoms with E-state index in [1.165, 1.54) is 80.4 Å². The molecule has 1 spiro atoms. The lowest BCUT2D eigenvalue weighted by Crippen LogP contribution is -2.22. The van der Waals surface area contributed by atoms with Crippen molar-refractivity contribution in [3.05, 3.63) is 138 Å². The van der Waals surface area contributed by atoms with Gasteiger partial charge in [-0.25, -0.2) is 0 Å². The van der Waals surface area contributed by atoms with E-state index in [0.29, 0.717) is 0 Å². The molecule has 3 aliphatic rings. The summed E-state index contributed by atoms with van der Waals surface area (Å²) in [7, 11) is -0.982. The average Bonchev–Trinajstić information content (AvgIpc) is 3.60. The molecule has 2 aliphatic heterocycles. The lowest BCUT2D eigenvalue weighted by atomic mass is 9.81. The molecule has 0 radical (unpaired) electrons. The summed E-state index contributed by atoms with van der Waals surface area (Å²) in [6, 6.07) is 43.5. The van der Waals surface area contributed by atoms with E-state index in [2.05, 4.69) is 147 Å². The van der Waals surface area contributed by atoms with Crippen LogP contribution in [0.4, 0.5) is 17.1 Å². The highest BCUT2D eigenvalue weighted by atomic mass is 32.3. The zero-order valence-electron chi connectivity index (χ0n) is 24.7. The van der Waals surface area contributed by atoms with Crippen LogP contribution in [0.15, 0.2) is 125 Å². The smallest absolute Gasteiger partial charge is 0.0586 e. The molecule has 2 heteroatoms. The maximum absolute atomic E-state index is 2.55. The molecule has 0 saturated carbocycles. The van der Waals surface area contributed by atoms with Gasteiger partial charge in [-0.3, -0.25) is 0 Å². The van der Waals surface area contributed by atoms with Gasteiger partial charge in [0.1, 0.15) is 0 Å². The van der Waals surface area contributed by atoms with Gasteiger partial charge in [-0.1, -0.05) is 98.8 Å². The van der Waals surface area contributed by atoms with Gasteiger partial charge in [0.15, 0.2) is 0 Å². The molecule has 1 saturated heterocycles. The largest absolute Gasteiger partial charge is 0.308 e. The first-order valence-electron chi connectivity index (χ1n) is 15.3. The fourth-order valence-electron chi connectivity index (χ4n) is 7.72. The van der Waals surface area contributed by atoms with Crippen molar-refractivity contribution in [3.63, 3.8) is 0 Å². The number of rotatable bonds is 3. The first-order valence-corrected chi connectivity index (χ1v) is 17.2. The van der Waals surface area contributed by atoms with Gasteiger partial charge in [-0.2, -0.15) is 10.0 Å². The van der Waals surface area contributed by atoms with Crippen LogP contribution in [0.1, 0.15) is 55.9 Å². The molecule has 1 nitrogen and oxygen atoms in total. The van der Waals surface area contributed by atoms with Crippen molar-refractivity contribution in [3.8, 4) is 11.1 Å². The number of hydrogen-bond acceptors (Lipinski definition) is 1. The van der Waals surface area contributed by atoms with Crippen molar-refractivity contribution in [1.82, 2.24) is 0 Å². The fourth-order valence-corrected chi connectivity index (χ4v) is 12.2. The quantitative estimate of drug-likeness (QED) is 0.197. The van der Waals surface area contributed by atoms with E-state index < -0.39 is 10.0 Å². The van der Waals surface area contributed by atoms with Crippen LogP contribution in [0.3, 0.4) is 0 Å². The van der Waals surface area contributed by atoms with Crippen molar-refractivity contribution in [2.75, 3.05) is 16.4 Å². The summed E-state index contributed by atoms with van der Waals surface area (Å²) in [6.07, 6.45) is 5.00. The third-order valence-corrected chi connectivity index (χ3v) is 14.2. The third kappa shape index (κ3) is 3.71. The minimum Gasteiger partial charge on any atom is -0.308 e. The van der Waals surface area contributed by atoms with Gasteiger partial charge in [0.25, 0.3) is 0 Å². The third-order valence-electron chi connectivity index (χ3n) is 9.84. The van der Waals surface area contributed by atoms with E-state index in [1.807, 2.05) is 0 Å². The molecule has 42 heavy (non-hydrogen) atoms. The average molecular weight is 564 g/mol. The Kier molecular flexibility index (Phi) is 5.81. The van der Waals surface area contributed by atoms with Gasteiger partial charge in [0.2, 0.25) is 0 Å². The molecule has 0 amide bonds. The Labute approximate surface area is 251 Å². The summed E-state index contributed by atoms with van der Waals surface area (Å²) in [5.41, 5.74) is 13.3. The number of allylic oxidation sites excluding steroid dienone is 1. The topological polar surface area (TPSA) is 3.24 Å². The van der Waals surface area contributed by atoms with E-state index in [4.69, 9.17) is 0 Å². The molecule has 8 rings (SSSR count). The van der Waals surface area contributed by atoms with Crippen LogP contribution in [0.25, 0.3) is 22.8 Å². The van der Waals surface area contributed by atoms with Gasteiger partial charge in [-0.05, 0) is 107 Å². The number of hydrogen-bond donors (Lipinski definition) is 0. The normalized spacial score (nSPS) is 18.3. The maximum Gasteiger partial charge on any atom is 0.0586 e. The monoisotopic (exact) mass is 563 g/mol. The Balaban J connectivity index is 1.24. The van der Waals surface area contributed by atoms with Gasteiger partial charge < -0.3 is 4.90 Å². The second kappa shape index (κ2) is 9.51. The zero-order chi connectivity index (χ0) is 28.5. The molecule has 2 heterocycles. The first kappa shape index (κ1) is 25.7. The lowest BCUT2D eigenvalue weighted by molar-refractivity contribution is 0.660. The van der Waals surface area contributed by atoms with Crippen LogP contribution in [-0.2, 0) is 5.41 Å². The van der Waals surface area contributed by atoms with Crippen molar-refractivity contribution in [2.45, 2.75) is 48.8 Å². The summed E-state index contributed by atoms with van der Waals surface area (Å²) >= 11 is 0. The Bertz CT molecular complexity index is 1820. The number of nitrogens with zero attached hydrogens (tertiary/aromatic N) is 1. The highest BCUT2D eigenvalue weighted by Gasteiger charge is 2.42. The van der Waals surface area contributed by atoms with E-state index in [0.717, 1.165) is 0 Å². The number of anilines is 3. The van der Waals surface area contributed by atoms with E-state index in [1.54, 1.807) is 9.79 Å². The van der Waals surface area contributed by atoms with Crippen molar-refractivity contribution >= 4 is 38.7 Å². The molecule has 0 N–H and O–H groups in total. The summed E-state index contributed by atoms with van der Waals surface area (Å²) in [5, 5.41) is 0. The molecule has 1 fully saturated rings. The minimum absolute atomic E-state index is 0.0854. The zero-order valence-corrected chi connectivity index (χ0v) is 25.5. The summed E-state index contributed by atoms with van der Waals surface area (Å²) in [5.74, 6) is 2.64. The van der Waals surface area contributed by atoms with Crippen molar-refractivity contribution in [2.24, 2.45) is 0 Å². The summed E-state index contributed by atoms with van der Waals surface area (Å²) in [4.78, 5) is 5.71. The van der Waals surface area contributed by atoms with E-state index in [-0.39, 0.29) is 5.41 Å². The highest BCUT2D eigenvalue weighted by molar-refractivity contribution is 8.34. The summed E-state index contributed by atoms with van der Waals surface area (Å²) in [6.45, 7) is 7.00. The predicted octanol–water partition coefficient (Wildman–Crippen LogP) is 11.4. The standard InChI is InChI=1S/C40H37NS/c1-28(30-13-5-4-6-14-30)25-29-19-21-32-33-22-20-31(27-35(33)40(2,3)34(32)26-29)41-36-15-7-9-17-38(36)42(23-11-12-24-42)39-18-10-8-16-37(39)41/h4-10,13-22,25-27H,11-12,23-24H2,1-3H3. The van der Waals surface area contributed by atoms with Gasteiger partial charge in [0.05, 0.1) is 11.4 Å². The fraction of sp³-hybridized carbons (Fsp3) is 0.200. The number of benzene rings is 5. The Hall–Kier alpha value is -4.01. The predicted molar refractivity (Wildman–Crippen MR) is 182 cm³/mol. The molecule has 1 aliphatic carbocycles. The van der Waals surface area contributed by atoms with E-state index >= 15 is 0 Å².